The second-order valence-electron chi connectivity index (χ2n) is 10.5. The lowest BCUT2D eigenvalue weighted by atomic mass is 10.0. The zero-order chi connectivity index (χ0) is 33.1. The molecule has 7 amide bonds. The number of hydrogen-bond donors (Lipinski definition) is 10. The molecule has 16 nitrogen and oxygen atoms in total. The Morgan fingerprint density at radius 1 is 0.795 bits per heavy atom. The number of rotatable bonds is 20. The van der Waals surface area contributed by atoms with E-state index in [1.165, 1.54) is 0 Å². The molecule has 0 fully saturated rings. The molecule has 1 aromatic rings. The summed E-state index contributed by atoms with van der Waals surface area (Å²) >= 11 is 0. The number of carboxylic acid groups (broad SMARTS) is 1. The molecule has 0 aliphatic carbocycles. The van der Waals surface area contributed by atoms with Gasteiger partial charge in [-0.25, -0.2) is 9.59 Å². The van der Waals surface area contributed by atoms with Crippen molar-refractivity contribution in [2.45, 2.75) is 77.1 Å². The number of amides is 7. The van der Waals surface area contributed by atoms with E-state index in [0.717, 1.165) is 0 Å². The van der Waals surface area contributed by atoms with Gasteiger partial charge in [0.1, 0.15) is 18.1 Å². The molecule has 0 radical (unpaired) electrons. The molecular weight excluding hydrogens is 576 g/mol. The van der Waals surface area contributed by atoms with Gasteiger partial charge in [-0.15, -0.1) is 0 Å². The zero-order valence-electron chi connectivity index (χ0n) is 25.2. The monoisotopic (exact) mass is 622 g/mol. The van der Waals surface area contributed by atoms with E-state index >= 15 is 0 Å². The van der Waals surface area contributed by atoms with E-state index in [1.54, 1.807) is 38.1 Å². The Hall–Kier alpha value is -4.44. The Morgan fingerprint density at radius 2 is 1.43 bits per heavy atom. The van der Waals surface area contributed by atoms with E-state index in [2.05, 4.69) is 31.9 Å². The third-order valence-corrected chi connectivity index (χ3v) is 6.48. The van der Waals surface area contributed by atoms with Gasteiger partial charge in [-0.3, -0.25) is 19.2 Å². The number of aliphatic hydroxyl groups excluding tert-OH is 1. The maximum Gasteiger partial charge on any atom is 0.405 e. The zero-order valence-corrected chi connectivity index (χ0v) is 25.2. The van der Waals surface area contributed by atoms with Crippen molar-refractivity contribution in [3.05, 3.63) is 29.8 Å². The van der Waals surface area contributed by atoms with E-state index < -0.39 is 53.9 Å². The summed E-state index contributed by atoms with van der Waals surface area (Å²) in [5.74, 6) is -2.63. The number of urea groups is 1. The van der Waals surface area contributed by atoms with Gasteiger partial charge in [0.15, 0.2) is 0 Å². The van der Waals surface area contributed by atoms with E-state index in [-0.39, 0.29) is 44.9 Å². The van der Waals surface area contributed by atoms with Crippen LogP contribution in [0.15, 0.2) is 24.3 Å². The standard InChI is InChI=1S/C28H46N8O8/c1-17(2)23(36-22(38)12-15-31-24(39)20(35-28(43)44)6-3-4-13-29)26(41)34-21(7-5-14-32-27(30)42)25(40)33-19-10-8-18(16-37)9-11-19/h8-11,17,20-21,23,35,37H,3-7,12-16,29H2,1-2H3,(H,31,39)(H,33,40)(H,34,41)(H,36,38)(H,43,44)(H3,30,32,42). The Morgan fingerprint density at radius 3 is 2.00 bits per heavy atom. The molecule has 0 aliphatic heterocycles. The summed E-state index contributed by atoms with van der Waals surface area (Å²) in [6.45, 7) is 3.75. The van der Waals surface area contributed by atoms with Crippen LogP contribution in [0.25, 0.3) is 0 Å². The van der Waals surface area contributed by atoms with Gasteiger partial charge in [0.2, 0.25) is 23.6 Å². The Balaban J connectivity index is 2.81. The van der Waals surface area contributed by atoms with Crippen LogP contribution in [0.3, 0.4) is 0 Å². The minimum atomic E-state index is -1.35. The van der Waals surface area contributed by atoms with Crippen molar-refractivity contribution in [3.8, 4) is 0 Å². The molecule has 12 N–H and O–H groups in total. The van der Waals surface area contributed by atoms with Gasteiger partial charge >= 0.3 is 12.1 Å². The Kier molecular flexibility index (Phi) is 17.5. The van der Waals surface area contributed by atoms with Crippen molar-refractivity contribution in [1.29, 1.82) is 0 Å². The molecule has 0 aliphatic rings. The summed E-state index contributed by atoms with van der Waals surface area (Å²) in [5.41, 5.74) is 11.6. The van der Waals surface area contributed by atoms with Gasteiger partial charge in [-0.1, -0.05) is 26.0 Å². The van der Waals surface area contributed by atoms with E-state index in [4.69, 9.17) is 16.6 Å². The van der Waals surface area contributed by atoms with E-state index in [9.17, 15) is 33.9 Å². The van der Waals surface area contributed by atoms with Crippen molar-refractivity contribution in [3.63, 3.8) is 0 Å². The van der Waals surface area contributed by atoms with Gasteiger partial charge in [0, 0.05) is 25.2 Å². The molecule has 1 aromatic carbocycles. The molecule has 0 spiro atoms. The van der Waals surface area contributed by atoms with Crippen LogP contribution in [-0.2, 0) is 25.8 Å². The largest absolute Gasteiger partial charge is 0.465 e. The third kappa shape index (κ3) is 15.2. The lowest BCUT2D eigenvalue weighted by Crippen LogP contribution is -2.55. The molecule has 246 valence electrons. The second kappa shape index (κ2) is 20.5. The van der Waals surface area contributed by atoms with Crippen LogP contribution in [0.5, 0.6) is 0 Å². The summed E-state index contributed by atoms with van der Waals surface area (Å²) in [6.07, 6.45) is 0.336. The predicted octanol–water partition coefficient (Wildman–Crippen LogP) is -0.537. The molecule has 16 heteroatoms. The number of benzene rings is 1. The highest BCUT2D eigenvalue weighted by molar-refractivity contribution is 5.98. The van der Waals surface area contributed by atoms with Crippen molar-refractivity contribution < 1.29 is 39.0 Å². The first-order chi connectivity index (χ1) is 20.9. The number of carbonyl (C=O) groups excluding carboxylic acids is 5. The van der Waals surface area contributed by atoms with Crippen LogP contribution < -0.4 is 43.4 Å². The van der Waals surface area contributed by atoms with Crippen LogP contribution in [0.1, 0.15) is 57.9 Å². The van der Waals surface area contributed by atoms with Crippen molar-refractivity contribution in [2.75, 3.05) is 25.0 Å². The molecular formula is C28H46N8O8. The number of nitrogens with one attached hydrogen (secondary N) is 6. The molecule has 0 aromatic heterocycles. The third-order valence-electron chi connectivity index (χ3n) is 6.48. The van der Waals surface area contributed by atoms with Gasteiger partial charge in [0.25, 0.3) is 0 Å². The number of anilines is 1. The molecule has 0 heterocycles. The highest BCUT2D eigenvalue weighted by Gasteiger charge is 2.29. The fourth-order valence-corrected chi connectivity index (χ4v) is 4.08. The number of nitrogens with two attached hydrogens (primary N) is 2. The molecule has 0 bridgehead atoms. The van der Waals surface area contributed by atoms with Crippen LogP contribution >= 0.6 is 0 Å². The molecule has 3 unspecified atom stereocenters. The first kappa shape index (κ1) is 37.6. The molecule has 0 saturated carbocycles. The SMILES string of the molecule is CC(C)C(NC(=O)CCNC(=O)C(CCCCN)NC(=O)O)C(=O)NC(CCCNC(N)=O)C(=O)Nc1ccc(CO)cc1. The lowest BCUT2D eigenvalue weighted by molar-refractivity contribution is -0.132. The van der Waals surface area contributed by atoms with Crippen LogP contribution in [0.4, 0.5) is 15.3 Å². The summed E-state index contributed by atoms with van der Waals surface area (Å²) in [6, 6.07) is 2.72. The highest BCUT2D eigenvalue weighted by atomic mass is 16.4. The Labute approximate surface area is 256 Å². The molecule has 3 atom stereocenters. The van der Waals surface area contributed by atoms with E-state index in [1.807, 2.05) is 0 Å². The number of hydrogen-bond acceptors (Lipinski definition) is 8. The maximum absolute atomic E-state index is 13.2. The van der Waals surface area contributed by atoms with Gasteiger partial charge < -0.3 is 53.6 Å². The fourth-order valence-electron chi connectivity index (χ4n) is 4.08. The topological polar surface area (TPSA) is 267 Å². The molecule has 1 rings (SSSR count). The average Bonchev–Trinajstić information content (AvgIpc) is 2.96. The minimum absolute atomic E-state index is 0.0985. The number of primary amides is 1. The minimum Gasteiger partial charge on any atom is -0.465 e. The molecule has 0 saturated heterocycles. The lowest BCUT2D eigenvalue weighted by Gasteiger charge is -2.25. The number of aliphatic hydroxyl groups is 1. The van der Waals surface area contributed by atoms with Gasteiger partial charge in [-0.05, 0) is 62.3 Å². The number of unbranched alkanes of at least 4 members (excludes halogenated alkanes) is 1. The summed E-state index contributed by atoms with van der Waals surface area (Å²) in [4.78, 5) is 73.5. The van der Waals surface area contributed by atoms with Crippen molar-refractivity contribution >= 4 is 41.4 Å². The van der Waals surface area contributed by atoms with Gasteiger partial charge in [-0.2, -0.15) is 0 Å². The molecule has 44 heavy (non-hydrogen) atoms. The number of carbonyl (C=O) groups is 6. The van der Waals surface area contributed by atoms with Crippen LogP contribution in [0, 0.1) is 5.92 Å². The maximum atomic E-state index is 13.2. The van der Waals surface area contributed by atoms with Gasteiger partial charge in [0.05, 0.1) is 6.61 Å². The smallest absolute Gasteiger partial charge is 0.405 e. The normalized spacial score (nSPS) is 12.8. The second-order valence-corrected chi connectivity index (χ2v) is 10.5. The van der Waals surface area contributed by atoms with Crippen LogP contribution in [0.2, 0.25) is 0 Å². The van der Waals surface area contributed by atoms with Crippen LogP contribution in [-0.4, -0.2) is 83.7 Å². The van der Waals surface area contributed by atoms with Crippen molar-refractivity contribution in [2.24, 2.45) is 17.4 Å². The Bertz CT molecular complexity index is 1100. The summed E-state index contributed by atoms with van der Waals surface area (Å²) in [7, 11) is 0. The van der Waals surface area contributed by atoms with Crippen molar-refractivity contribution in [1.82, 2.24) is 26.6 Å². The fraction of sp³-hybridized carbons (Fsp3) is 0.571. The summed E-state index contributed by atoms with van der Waals surface area (Å²) in [5, 5.41) is 33.3. The quantitative estimate of drug-likeness (QED) is 0.0836. The first-order valence-electron chi connectivity index (χ1n) is 14.5. The first-order valence-corrected chi connectivity index (χ1v) is 14.5. The van der Waals surface area contributed by atoms with E-state index in [0.29, 0.717) is 37.1 Å². The summed E-state index contributed by atoms with van der Waals surface area (Å²) < 4.78 is 0. The highest BCUT2D eigenvalue weighted by Crippen LogP contribution is 2.12. The average molecular weight is 623 g/mol. The predicted molar refractivity (Wildman–Crippen MR) is 162 cm³/mol.